The van der Waals surface area contributed by atoms with E-state index < -0.39 is 0 Å². The van der Waals surface area contributed by atoms with E-state index in [-0.39, 0.29) is 0 Å². The molecule has 5 nitrogen and oxygen atoms in total. The van der Waals surface area contributed by atoms with Gasteiger partial charge >= 0.3 is 0 Å². The van der Waals surface area contributed by atoms with E-state index in [1.54, 1.807) is 0 Å². The SMILES string of the molecule is CCOc1ccc2[nH]cc(CCCc3nccc(Cc4cccc5c4ccn5C)n3)c2c1. The van der Waals surface area contributed by atoms with Crippen molar-refractivity contribution in [2.45, 2.75) is 32.6 Å². The number of fused-ring (bicyclic) bond motifs is 2. The highest BCUT2D eigenvalue weighted by molar-refractivity contribution is 5.85. The zero-order chi connectivity index (χ0) is 21.9. The van der Waals surface area contributed by atoms with Gasteiger partial charge in [0.25, 0.3) is 0 Å². The zero-order valence-corrected chi connectivity index (χ0v) is 18.6. The van der Waals surface area contributed by atoms with Gasteiger partial charge in [0, 0.05) is 66.0 Å². The third-order valence-corrected chi connectivity index (χ3v) is 6.05. The van der Waals surface area contributed by atoms with Gasteiger partial charge in [-0.3, -0.25) is 0 Å². The first kappa shape index (κ1) is 20.3. The Morgan fingerprint density at radius 1 is 1.00 bits per heavy atom. The lowest BCUT2D eigenvalue weighted by Gasteiger charge is -2.07. The summed E-state index contributed by atoms with van der Waals surface area (Å²) in [5.41, 5.74) is 6.09. The van der Waals surface area contributed by atoms with E-state index in [2.05, 4.69) is 70.4 Å². The van der Waals surface area contributed by atoms with E-state index in [9.17, 15) is 0 Å². The molecule has 0 atom stereocenters. The van der Waals surface area contributed by atoms with Gasteiger partial charge in [-0.25, -0.2) is 9.97 Å². The average molecular weight is 425 g/mol. The molecule has 0 aliphatic carbocycles. The summed E-state index contributed by atoms with van der Waals surface area (Å²) in [6, 6.07) is 16.9. The van der Waals surface area contributed by atoms with E-state index in [0.29, 0.717) is 6.61 Å². The predicted octanol–water partition coefficient (Wildman–Crippen LogP) is 5.61. The van der Waals surface area contributed by atoms with Crippen LogP contribution >= 0.6 is 0 Å². The number of ether oxygens (including phenoxy) is 1. The Balaban J connectivity index is 1.27. The Morgan fingerprint density at radius 2 is 1.94 bits per heavy atom. The van der Waals surface area contributed by atoms with Crippen molar-refractivity contribution in [3.8, 4) is 5.75 Å². The highest BCUT2D eigenvalue weighted by Crippen LogP contribution is 2.25. The van der Waals surface area contributed by atoms with Gasteiger partial charge < -0.3 is 14.3 Å². The van der Waals surface area contributed by atoms with Crippen LogP contribution in [0.3, 0.4) is 0 Å². The lowest BCUT2D eigenvalue weighted by atomic mass is 10.0. The number of aromatic nitrogens is 4. The fourth-order valence-corrected chi connectivity index (χ4v) is 4.43. The Kier molecular flexibility index (Phi) is 5.63. The molecule has 5 heteroatoms. The van der Waals surface area contributed by atoms with Crippen LogP contribution in [0.4, 0.5) is 0 Å². The molecular formula is C27H28N4O. The number of aromatic amines is 1. The highest BCUT2D eigenvalue weighted by atomic mass is 16.5. The molecule has 0 saturated carbocycles. The molecule has 0 aliphatic heterocycles. The fourth-order valence-electron chi connectivity index (χ4n) is 4.43. The molecule has 3 aromatic heterocycles. The number of hydrogen-bond acceptors (Lipinski definition) is 3. The summed E-state index contributed by atoms with van der Waals surface area (Å²) in [6.45, 7) is 2.69. The Bertz CT molecular complexity index is 1360. The zero-order valence-electron chi connectivity index (χ0n) is 18.6. The first-order valence-corrected chi connectivity index (χ1v) is 11.3. The Morgan fingerprint density at radius 3 is 2.84 bits per heavy atom. The van der Waals surface area contributed by atoms with Crippen LogP contribution in [0.15, 0.2) is 67.1 Å². The molecule has 162 valence electrons. The van der Waals surface area contributed by atoms with Crippen molar-refractivity contribution in [3.63, 3.8) is 0 Å². The largest absolute Gasteiger partial charge is 0.494 e. The van der Waals surface area contributed by atoms with E-state index in [4.69, 9.17) is 9.72 Å². The molecule has 0 fully saturated rings. The quantitative estimate of drug-likeness (QED) is 0.352. The maximum absolute atomic E-state index is 5.67. The molecule has 5 aromatic rings. The first-order chi connectivity index (χ1) is 15.7. The van der Waals surface area contributed by atoms with Crippen LogP contribution < -0.4 is 4.74 Å². The fraction of sp³-hybridized carbons (Fsp3) is 0.259. The standard InChI is InChI=1S/C27H28N4O/c1-3-32-22-10-11-25-24(17-22)20(18-29-25)7-5-9-27-28-14-12-21(30-27)16-19-6-4-8-26-23(19)13-15-31(26)2/h4,6,8,10-15,17-18,29H,3,5,7,9,16H2,1-2H3. The predicted molar refractivity (Wildman–Crippen MR) is 129 cm³/mol. The molecule has 0 radical (unpaired) electrons. The molecule has 0 saturated heterocycles. The maximum Gasteiger partial charge on any atom is 0.128 e. The van der Waals surface area contributed by atoms with Gasteiger partial charge in [-0.05, 0) is 67.3 Å². The monoisotopic (exact) mass is 424 g/mol. The van der Waals surface area contributed by atoms with E-state index >= 15 is 0 Å². The molecule has 0 unspecified atom stereocenters. The highest BCUT2D eigenvalue weighted by Gasteiger charge is 2.09. The van der Waals surface area contributed by atoms with E-state index in [0.717, 1.165) is 48.5 Å². The van der Waals surface area contributed by atoms with E-state index in [1.165, 1.54) is 27.4 Å². The van der Waals surface area contributed by atoms with Crippen LogP contribution in [0.1, 0.15) is 36.0 Å². The molecule has 0 spiro atoms. The smallest absolute Gasteiger partial charge is 0.128 e. The summed E-state index contributed by atoms with van der Waals surface area (Å²) < 4.78 is 7.83. The molecule has 1 N–H and O–H groups in total. The van der Waals surface area contributed by atoms with Crippen molar-refractivity contribution < 1.29 is 4.74 Å². The van der Waals surface area contributed by atoms with Crippen LogP contribution in [-0.4, -0.2) is 26.1 Å². The topological polar surface area (TPSA) is 55.7 Å². The van der Waals surface area contributed by atoms with Crippen molar-refractivity contribution in [2.75, 3.05) is 6.61 Å². The third-order valence-electron chi connectivity index (χ3n) is 6.05. The van der Waals surface area contributed by atoms with Crippen LogP contribution in [0.5, 0.6) is 5.75 Å². The summed E-state index contributed by atoms with van der Waals surface area (Å²) in [6.07, 6.45) is 9.78. The summed E-state index contributed by atoms with van der Waals surface area (Å²) >= 11 is 0. The summed E-state index contributed by atoms with van der Waals surface area (Å²) in [5, 5.41) is 2.53. The minimum absolute atomic E-state index is 0.678. The average Bonchev–Trinajstić information content (AvgIpc) is 3.38. The van der Waals surface area contributed by atoms with Crippen molar-refractivity contribution in [3.05, 3.63) is 89.8 Å². The normalized spacial score (nSPS) is 11.4. The number of benzene rings is 2. The van der Waals surface area contributed by atoms with E-state index in [1.807, 2.05) is 25.3 Å². The minimum atomic E-state index is 0.678. The van der Waals surface area contributed by atoms with Gasteiger partial charge in [0.15, 0.2) is 0 Å². The van der Waals surface area contributed by atoms with Gasteiger partial charge in [-0.1, -0.05) is 12.1 Å². The lowest BCUT2D eigenvalue weighted by molar-refractivity contribution is 0.340. The number of rotatable bonds is 8. The van der Waals surface area contributed by atoms with Crippen molar-refractivity contribution >= 4 is 21.8 Å². The summed E-state index contributed by atoms with van der Waals surface area (Å²) in [4.78, 5) is 12.7. The minimum Gasteiger partial charge on any atom is -0.494 e. The number of hydrogen-bond donors (Lipinski definition) is 1. The van der Waals surface area contributed by atoms with Crippen molar-refractivity contribution in [2.24, 2.45) is 7.05 Å². The number of nitrogens with zero attached hydrogens (tertiary/aromatic N) is 3. The van der Waals surface area contributed by atoms with Gasteiger partial charge in [0.05, 0.1) is 6.61 Å². The third kappa shape index (κ3) is 4.11. The molecular weight excluding hydrogens is 396 g/mol. The van der Waals surface area contributed by atoms with Gasteiger partial charge in [-0.2, -0.15) is 0 Å². The number of aryl methyl sites for hydroxylation is 3. The van der Waals surface area contributed by atoms with Crippen LogP contribution in [0.2, 0.25) is 0 Å². The lowest BCUT2D eigenvalue weighted by Crippen LogP contribution is -2.01. The molecule has 0 bridgehead atoms. The van der Waals surface area contributed by atoms with Gasteiger partial charge in [0.2, 0.25) is 0 Å². The van der Waals surface area contributed by atoms with Crippen molar-refractivity contribution in [1.82, 2.24) is 19.5 Å². The van der Waals surface area contributed by atoms with Crippen molar-refractivity contribution in [1.29, 1.82) is 0 Å². The Labute approximate surface area is 188 Å². The second-order valence-corrected chi connectivity index (χ2v) is 8.23. The van der Waals surface area contributed by atoms with Crippen LogP contribution in [-0.2, 0) is 26.3 Å². The molecule has 0 aliphatic rings. The number of H-pyrrole nitrogens is 1. The van der Waals surface area contributed by atoms with Gasteiger partial charge in [0.1, 0.15) is 11.6 Å². The molecule has 5 rings (SSSR count). The molecule has 32 heavy (non-hydrogen) atoms. The first-order valence-electron chi connectivity index (χ1n) is 11.3. The molecule has 0 amide bonds. The number of nitrogens with one attached hydrogen (secondary N) is 1. The van der Waals surface area contributed by atoms with Gasteiger partial charge in [-0.15, -0.1) is 0 Å². The van der Waals surface area contributed by atoms with Crippen LogP contribution in [0.25, 0.3) is 21.8 Å². The second-order valence-electron chi connectivity index (χ2n) is 8.23. The Hall–Kier alpha value is -3.60. The van der Waals surface area contributed by atoms with Crippen LogP contribution in [0, 0.1) is 0 Å². The molecule has 2 aromatic carbocycles. The summed E-state index contributed by atoms with van der Waals surface area (Å²) in [7, 11) is 2.08. The summed E-state index contributed by atoms with van der Waals surface area (Å²) in [5.74, 6) is 1.84. The maximum atomic E-state index is 5.67. The second kappa shape index (κ2) is 8.87. The molecule has 3 heterocycles.